The van der Waals surface area contributed by atoms with E-state index in [0.717, 1.165) is 28.8 Å². The van der Waals surface area contributed by atoms with Crippen molar-refractivity contribution >= 4 is 22.2 Å². The molecule has 0 aliphatic rings. The lowest BCUT2D eigenvalue weighted by molar-refractivity contribution is 0.112. The minimum atomic E-state index is -1.15. The molecular weight excluding hydrogens is 458 g/mol. The van der Waals surface area contributed by atoms with Crippen molar-refractivity contribution in [3.8, 4) is 11.4 Å². The Morgan fingerprint density at radius 2 is 1.79 bits per heavy atom. The van der Waals surface area contributed by atoms with E-state index < -0.39 is 41.1 Å². The predicted molar refractivity (Wildman–Crippen MR) is 100 cm³/mol. The van der Waals surface area contributed by atoms with Crippen molar-refractivity contribution in [2.24, 2.45) is 0 Å². The molecular formula is C20H12BrF4NO3. The fourth-order valence-corrected chi connectivity index (χ4v) is 3.14. The number of hydrogen-bond acceptors (Lipinski definition) is 3. The average Bonchev–Trinajstić information content (AvgIpc) is 2.67. The molecule has 0 aliphatic heterocycles. The summed E-state index contributed by atoms with van der Waals surface area (Å²) in [6.45, 7) is 0.960. The van der Waals surface area contributed by atoms with Crippen LogP contribution in [0.3, 0.4) is 0 Å². The number of ether oxygens (including phenoxy) is 1. The van der Waals surface area contributed by atoms with Gasteiger partial charge in [-0.3, -0.25) is 14.2 Å². The summed E-state index contributed by atoms with van der Waals surface area (Å²) in [7, 11) is 0. The summed E-state index contributed by atoms with van der Waals surface area (Å²) < 4.78 is 62.0. The average molecular weight is 470 g/mol. The van der Waals surface area contributed by atoms with Gasteiger partial charge in [-0.15, -0.1) is 0 Å². The molecule has 0 aliphatic carbocycles. The van der Waals surface area contributed by atoms with Crippen LogP contribution < -0.4 is 10.3 Å². The van der Waals surface area contributed by atoms with E-state index in [0.29, 0.717) is 12.4 Å². The van der Waals surface area contributed by atoms with Gasteiger partial charge in [0.05, 0.1) is 4.47 Å². The van der Waals surface area contributed by atoms with Gasteiger partial charge in [-0.25, -0.2) is 17.6 Å². The molecule has 3 aromatic rings. The molecule has 0 bridgehead atoms. The van der Waals surface area contributed by atoms with Gasteiger partial charge in [0.25, 0.3) is 5.56 Å². The first-order valence-electron chi connectivity index (χ1n) is 8.17. The van der Waals surface area contributed by atoms with Crippen LogP contribution in [0.4, 0.5) is 17.6 Å². The summed E-state index contributed by atoms with van der Waals surface area (Å²) in [4.78, 5) is 23.3. The Morgan fingerprint density at radius 1 is 1.07 bits per heavy atom. The lowest BCUT2D eigenvalue weighted by atomic mass is 10.2. The number of halogens is 5. The first-order valence-corrected chi connectivity index (χ1v) is 8.96. The summed E-state index contributed by atoms with van der Waals surface area (Å²) >= 11 is 2.95. The normalized spacial score (nSPS) is 10.8. The molecule has 29 heavy (non-hydrogen) atoms. The van der Waals surface area contributed by atoms with E-state index in [1.54, 1.807) is 0 Å². The first kappa shape index (κ1) is 20.8. The molecule has 4 nitrogen and oxygen atoms in total. The van der Waals surface area contributed by atoms with Crippen molar-refractivity contribution in [1.29, 1.82) is 0 Å². The Labute approximate surface area is 170 Å². The van der Waals surface area contributed by atoms with Crippen LogP contribution in [-0.4, -0.2) is 10.9 Å². The molecule has 0 atom stereocenters. The Bertz CT molecular complexity index is 1180. The number of nitrogens with zero attached hydrogens (tertiary/aromatic N) is 1. The molecule has 0 saturated carbocycles. The number of aldehydes is 1. The van der Waals surface area contributed by atoms with E-state index in [-0.39, 0.29) is 27.0 Å². The van der Waals surface area contributed by atoms with Crippen LogP contribution in [0.2, 0.25) is 0 Å². The van der Waals surface area contributed by atoms with Crippen molar-refractivity contribution in [2.75, 3.05) is 0 Å². The molecule has 0 fully saturated rings. The highest BCUT2D eigenvalue weighted by Crippen LogP contribution is 2.34. The molecule has 0 amide bonds. The van der Waals surface area contributed by atoms with Gasteiger partial charge in [-0.2, -0.15) is 0 Å². The summed E-state index contributed by atoms with van der Waals surface area (Å²) in [5, 5.41) is 0. The highest BCUT2D eigenvalue weighted by molar-refractivity contribution is 9.10. The summed E-state index contributed by atoms with van der Waals surface area (Å²) in [6.07, 6.45) is 0.463. The third kappa shape index (κ3) is 3.95. The third-order valence-corrected chi connectivity index (χ3v) is 4.97. The Kier molecular flexibility index (Phi) is 5.88. The highest BCUT2D eigenvalue weighted by Gasteiger charge is 2.22. The zero-order chi connectivity index (χ0) is 21.3. The lowest BCUT2D eigenvalue weighted by Gasteiger charge is -2.16. The van der Waals surface area contributed by atoms with E-state index in [9.17, 15) is 27.2 Å². The number of carbonyl (C=O) groups excluding carboxylic acids is 1. The maximum Gasteiger partial charge on any atom is 0.255 e. The Morgan fingerprint density at radius 3 is 2.45 bits per heavy atom. The van der Waals surface area contributed by atoms with Crippen LogP contribution in [0.15, 0.2) is 45.7 Å². The van der Waals surface area contributed by atoms with Crippen LogP contribution in [-0.2, 0) is 6.61 Å². The standard InChI is InChI=1S/C20H12BrF4NO3/c1-10-11(8-27)3-5-17(28)26(10)20-15(24)7-16(18(21)19(20)25)29-9-12-2-4-13(22)6-14(12)23/h2-8H,9H2,1H3. The number of rotatable bonds is 5. The zero-order valence-corrected chi connectivity index (χ0v) is 16.4. The lowest BCUT2D eigenvalue weighted by Crippen LogP contribution is -2.23. The van der Waals surface area contributed by atoms with Gasteiger partial charge >= 0.3 is 0 Å². The minimum Gasteiger partial charge on any atom is -0.487 e. The molecule has 0 N–H and O–H groups in total. The molecule has 3 rings (SSSR count). The Balaban J connectivity index is 2.04. The SMILES string of the molecule is Cc1c(C=O)ccc(=O)n1-c1c(F)cc(OCc2ccc(F)cc2F)c(Br)c1F. The fraction of sp³-hybridized carbons (Fsp3) is 0.100. The molecule has 0 radical (unpaired) electrons. The van der Waals surface area contributed by atoms with Crippen LogP contribution >= 0.6 is 15.9 Å². The van der Waals surface area contributed by atoms with Crippen molar-refractivity contribution in [3.05, 3.63) is 91.3 Å². The number of carbonyl (C=O) groups is 1. The van der Waals surface area contributed by atoms with Crippen molar-refractivity contribution in [1.82, 2.24) is 4.57 Å². The zero-order valence-electron chi connectivity index (χ0n) is 14.8. The molecule has 0 spiro atoms. The van der Waals surface area contributed by atoms with E-state index >= 15 is 0 Å². The van der Waals surface area contributed by atoms with Gasteiger partial charge in [0, 0.05) is 35.0 Å². The van der Waals surface area contributed by atoms with Crippen molar-refractivity contribution < 1.29 is 27.1 Å². The second kappa shape index (κ2) is 8.20. The van der Waals surface area contributed by atoms with Gasteiger partial charge in [0.2, 0.25) is 0 Å². The molecule has 2 aromatic carbocycles. The maximum absolute atomic E-state index is 14.9. The minimum absolute atomic E-state index is 0.0195. The Hall–Kier alpha value is -2.94. The topological polar surface area (TPSA) is 48.3 Å². The molecule has 1 aromatic heterocycles. The maximum atomic E-state index is 14.9. The second-order valence-electron chi connectivity index (χ2n) is 6.02. The molecule has 0 unspecified atom stereocenters. The van der Waals surface area contributed by atoms with Crippen molar-refractivity contribution in [2.45, 2.75) is 13.5 Å². The summed E-state index contributed by atoms with van der Waals surface area (Å²) in [5.74, 6) is -4.20. The van der Waals surface area contributed by atoms with E-state index in [4.69, 9.17) is 4.74 Å². The van der Waals surface area contributed by atoms with Gasteiger partial charge < -0.3 is 4.74 Å². The van der Waals surface area contributed by atoms with Crippen LogP contribution in [0, 0.1) is 30.2 Å². The van der Waals surface area contributed by atoms with E-state index in [1.165, 1.54) is 13.0 Å². The highest BCUT2D eigenvalue weighted by atomic mass is 79.9. The summed E-state index contributed by atoms with van der Waals surface area (Å²) in [6, 6.07) is 5.92. The van der Waals surface area contributed by atoms with E-state index in [1.807, 2.05) is 0 Å². The molecule has 150 valence electrons. The predicted octanol–water partition coefficient (Wildman–Crippen LogP) is 4.86. The number of hydrogen-bond donors (Lipinski definition) is 0. The van der Waals surface area contributed by atoms with Gasteiger partial charge in [0.1, 0.15) is 29.7 Å². The largest absolute Gasteiger partial charge is 0.487 e. The molecule has 1 heterocycles. The van der Waals surface area contributed by atoms with Crippen LogP contribution in [0.5, 0.6) is 5.75 Å². The number of aromatic nitrogens is 1. The number of pyridine rings is 1. The molecule has 0 saturated heterocycles. The third-order valence-electron chi connectivity index (χ3n) is 4.23. The smallest absolute Gasteiger partial charge is 0.255 e. The number of benzene rings is 2. The van der Waals surface area contributed by atoms with Crippen molar-refractivity contribution in [3.63, 3.8) is 0 Å². The van der Waals surface area contributed by atoms with Crippen LogP contribution in [0.1, 0.15) is 21.6 Å². The van der Waals surface area contributed by atoms with Gasteiger partial charge in [-0.1, -0.05) is 0 Å². The first-order chi connectivity index (χ1) is 13.7. The van der Waals surface area contributed by atoms with Gasteiger partial charge in [0.15, 0.2) is 17.9 Å². The van der Waals surface area contributed by atoms with E-state index in [2.05, 4.69) is 15.9 Å². The quantitative estimate of drug-likeness (QED) is 0.304. The fourth-order valence-electron chi connectivity index (χ4n) is 2.72. The monoisotopic (exact) mass is 469 g/mol. The second-order valence-corrected chi connectivity index (χ2v) is 6.82. The van der Waals surface area contributed by atoms with Gasteiger partial charge in [-0.05, 0) is 41.1 Å². The summed E-state index contributed by atoms with van der Waals surface area (Å²) in [5.41, 5.74) is -1.30. The van der Waals surface area contributed by atoms with Crippen LogP contribution in [0.25, 0.3) is 5.69 Å². The molecule has 9 heteroatoms.